The first-order valence-corrected chi connectivity index (χ1v) is 4.22. The van der Waals surface area contributed by atoms with E-state index in [4.69, 9.17) is 10.5 Å². The SMILES string of the molecule is Cn1ncnc1COC(C)(C)CN. The van der Waals surface area contributed by atoms with E-state index in [9.17, 15) is 0 Å². The van der Waals surface area contributed by atoms with Gasteiger partial charge in [0, 0.05) is 13.6 Å². The van der Waals surface area contributed by atoms with Crippen LogP contribution in [0.15, 0.2) is 6.33 Å². The van der Waals surface area contributed by atoms with Gasteiger partial charge in [-0.1, -0.05) is 0 Å². The van der Waals surface area contributed by atoms with Gasteiger partial charge < -0.3 is 10.5 Å². The van der Waals surface area contributed by atoms with Crippen LogP contribution >= 0.6 is 0 Å². The summed E-state index contributed by atoms with van der Waals surface area (Å²) in [5, 5.41) is 3.94. The van der Waals surface area contributed by atoms with Gasteiger partial charge in [0.05, 0.1) is 5.60 Å². The lowest BCUT2D eigenvalue weighted by Gasteiger charge is -2.22. The fourth-order valence-corrected chi connectivity index (χ4v) is 0.770. The summed E-state index contributed by atoms with van der Waals surface area (Å²) in [6, 6.07) is 0. The zero-order chi connectivity index (χ0) is 9.90. The fraction of sp³-hybridized carbons (Fsp3) is 0.750. The molecule has 1 aromatic rings. The van der Waals surface area contributed by atoms with E-state index in [2.05, 4.69) is 10.1 Å². The molecule has 1 rings (SSSR count). The highest BCUT2D eigenvalue weighted by Gasteiger charge is 2.16. The largest absolute Gasteiger partial charge is 0.366 e. The van der Waals surface area contributed by atoms with E-state index in [0.717, 1.165) is 5.82 Å². The average Bonchev–Trinajstić information content (AvgIpc) is 2.48. The fourth-order valence-electron chi connectivity index (χ4n) is 0.770. The molecule has 0 saturated carbocycles. The predicted octanol–water partition coefficient (Wildman–Crippen LogP) is 0.0690. The molecule has 74 valence electrons. The maximum Gasteiger partial charge on any atom is 0.152 e. The Bertz CT molecular complexity index is 269. The van der Waals surface area contributed by atoms with Gasteiger partial charge in [0.2, 0.25) is 0 Å². The second kappa shape index (κ2) is 3.85. The highest BCUT2D eigenvalue weighted by atomic mass is 16.5. The molecule has 0 atom stereocenters. The van der Waals surface area contributed by atoms with Crippen LogP contribution < -0.4 is 5.73 Å². The van der Waals surface area contributed by atoms with Gasteiger partial charge in [-0.05, 0) is 13.8 Å². The number of aromatic nitrogens is 3. The van der Waals surface area contributed by atoms with Crippen molar-refractivity contribution < 1.29 is 4.74 Å². The summed E-state index contributed by atoms with van der Waals surface area (Å²) in [6.45, 7) is 4.83. The van der Waals surface area contributed by atoms with E-state index in [1.54, 1.807) is 4.68 Å². The second-order valence-electron chi connectivity index (χ2n) is 3.55. The van der Waals surface area contributed by atoms with Crippen molar-refractivity contribution in [2.75, 3.05) is 6.54 Å². The lowest BCUT2D eigenvalue weighted by molar-refractivity contribution is -0.0263. The van der Waals surface area contributed by atoms with Gasteiger partial charge in [-0.25, -0.2) is 4.98 Å². The standard InChI is InChI=1S/C8H16N4O/c1-8(2,5-9)13-4-7-10-6-11-12(7)3/h6H,4-5,9H2,1-3H3. The van der Waals surface area contributed by atoms with E-state index in [1.807, 2.05) is 20.9 Å². The van der Waals surface area contributed by atoms with E-state index in [0.29, 0.717) is 13.2 Å². The number of hydrogen-bond donors (Lipinski definition) is 1. The molecule has 1 heterocycles. The quantitative estimate of drug-likeness (QED) is 0.719. The monoisotopic (exact) mass is 184 g/mol. The third kappa shape index (κ3) is 2.78. The Kier molecular flexibility index (Phi) is 3.00. The van der Waals surface area contributed by atoms with Crippen LogP contribution in [0.25, 0.3) is 0 Å². The third-order valence-electron chi connectivity index (χ3n) is 1.89. The summed E-state index contributed by atoms with van der Waals surface area (Å²) < 4.78 is 7.24. The van der Waals surface area contributed by atoms with E-state index in [1.165, 1.54) is 6.33 Å². The van der Waals surface area contributed by atoms with Gasteiger partial charge in [0.1, 0.15) is 12.9 Å². The van der Waals surface area contributed by atoms with Gasteiger partial charge in [0.25, 0.3) is 0 Å². The van der Waals surface area contributed by atoms with E-state index < -0.39 is 0 Å². The molecule has 0 amide bonds. The van der Waals surface area contributed by atoms with E-state index >= 15 is 0 Å². The van der Waals surface area contributed by atoms with Crippen molar-refractivity contribution in [3.63, 3.8) is 0 Å². The Morgan fingerprint density at radius 3 is 2.77 bits per heavy atom. The topological polar surface area (TPSA) is 66.0 Å². The summed E-state index contributed by atoms with van der Waals surface area (Å²) in [4.78, 5) is 4.04. The molecule has 2 N–H and O–H groups in total. The molecule has 5 nitrogen and oxygen atoms in total. The van der Waals surface area contributed by atoms with Crippen molar-refractivity contribution >= 4 is 0 Å². The number of hydrogen-bond acceptors (Lipinski definition) is 4. The number of ether oxygens (including phenoxy) is 1. The summed E-state index contributed by atoms with van der Waals surface area (Å²) in [6.07, 6.45) is 1.51. The minimum Gasteiger partial charge on any atom is -0.366 e. The van der Waals surface area contributed by atoms with Crippen molar-refractivity contribution in [2.24, 2.45) is 12.8 Å². The van der Waals surface area contributed by atoms with Crippen LogP contribution in [-0.4, -0.2) is 26.9 Å². The van der Waals surface area contributed by atoms with Crippen LogP contribution in [0, 0.1) is 0 Å². The van der Waals surface area contributed by atoms with Gasteiger partial charge in [-0.15, -0.1) is 0 Å². The maximum atomic E-state index is 5.56. The summed E-state index contributed by atoms with van der Waals surface area (Å²) in [5.74, 6) is 0.807. The Labute approximate surface area is 77.9 Å². The van der Waals surface area contributed by atoms with Crippen molar-refractivity contribution in [1.29, 1.82) is 0 Å². The second-order valence-corrected chi connectivity index (χ2v) is 3.55. The van der Waals surface area contributed by atoms with Crippen LogP contribution in [0.4, 0.5) is 0 Å². The molecular formula is C8H16N4O. The highest BCUT2D eigenvalue weighted by Crippen LogP contribution is 2.09. The molecule has 0 spiro atoms. The number of nitrogens with two attached hydrogens (primary N) is 1. The van der Waals surface area contributed by atoms with Crippen LogP contribution in [-0.2, 0) is 18.4 Å². The van der Waals surface area contributed by atoms with Gasteiger partial charge >= 0.3 is 0 Å². The van der Waals surface area contributed by atoms with Gasteiger partial charge in [0.15, 0.2) is 5.82 Å². The molecule has 1 aromatic heterocycles. The number of rotatable bonds is 4. The Balaban J connectivity index is 2.48. The molecule has 0 saturated heterocycles. The maximum absolute atomic E-state index is 5.56. The minimum absolute atomic E-state index is 0.300. The normalized spacial score (nSPS) is 12.0. The first-order valence-electron chi connectivity index (χ1n) is 4.22. The number of nitrogens with zero attached hydrogens (tertiary/aromatic N) is 3. The predicted molar refractivity (Wildman–Crippen MR) is 48.9 cm³/mol. The van der Waals surface area contributed by atoms with Crippen LogP contribution in [0.5, 0.6) is 0 Å². The zero-order valence-corrected chi connectivity index (χ0v) is 8.32. The lowest BCUT2D eigenvalue weighted by Crippen LogP contribution is -2.34. The number of aryl methyl sites for hydroxylation is 1. The first kappa shape index (κ1) is 10.1. The average molecular weight is 184 g/mol. The summed E-state index contributed by atoms with van der Waals surface area (Å²) >= 11 is 0. The third-order valence-corrected chi connectivity index (χ3v) is 1.89. The van der Waals surface area contributed by atoms with Crippen LogP contribution in [0.1, 0.15) is 19.7 Å². The molecule has 0 bridgehead atoms. The van der Waals surface area contributed by atoms with Crippen molar-refractivity contribution in [2.45, 2.75) is 26.1 Å². The van der Waals surface area contributed by atoms with Gasteiger partial charge in [-0.3, -0.25) is 4.68 Å². The van der Waals surface area contributed by atoms with E-state index in [-0.39, 0.29) is 5.60 Å². The molecule has 5 heteroatoms. The molecule has 0 aliphatic heterocycles. The molecule has 0 fully saturated rings. The Morgan fingerprint density at radius 2 is 2.31 bits per heavy atom. The minimum atomic E-state index is -0.300. The molecule has 0 radical (unpaired) electrons. The Morgan fingerprint density at radius 1 is 1.62 bits per heavy atom. The van der Waals surface area contributed by atoms with Crippen molar-refractivity contribution in [3.05, 3.63) is 12.2 Å². The summed E-state index contributed by atoms with van der Waals surface area (Å²) in [7, 11) is 1.83. The van der Waals surface area contributed by atoms with Crippen molar-refractivity contribution in [3.8, 4) is 0 Å². The van der Waals surface area contributed by atoms with Crippen LogP contribution in [0.2, 0.25) is 0 Å². The molecular weight excluding hydrogens is 168 g/mol. The molecule has 0 aliphatic rings. The summed E-state index contributed by atoms with van der Waals surface area (Å²) in [5.41, 5.74) is 5.22. The molecule has 0 unspecified atom stereocenters. The first-order chi connectivity index (χ1) is 6.05. The van der Waals surface area contributed by atoms with Crippen molar-refractivity contribution in [1.82, 2.24) is 14.8 Å². The highest BCUT2D eigenvalue weighted by molar-refractivity contribution is 4.81. The van der Waals surface area contributed by atoms with Gasteiger partial charge in [-0.2, -0.15) is 5.10 Å². The lowest BCUT2D eigenvalue weighted by atomic mass is 10.1. The van der Waals surface area contributed by atoms with Crippen LogP contribution in [0.3, 0.4) is 0 Å². The molecule has 0 aromatic carbocycles. The molecule has 0 aliphatic carbocycles. The molecule has 13 heavy (non-hydrogen) atoms. The zero-order valence-electron chi connectivity index (χ0n) is 8.32. The Hall–Kier alpha value is -0.940. The smallest absolute Gasteiger partial charge is 0.152 e.